The average Bonchev–Trinajstić information content (AvgIpc) is 2.42. The van der Waals surface area contributed by atoms with Gasteiger partial charge in [0.15, 0.2) is 0 Å². The Bertz CT molecular complexity index is 555. The molecule has 2 aromatic rings. The van der Waals surface area contributed by atoms with Gasteiger partial charge in [0.05, 0.1) is 16.7 Å². The fourth-order valence-corrected chi connectivity index (χ4v) is 2.13. The second kappa shape index (κ2) is 6.29. The van der Waals surface area contributed by atoms with Crippen molar-refractivity contribution in [3.05, 3.63) is 63.6 Å². The Balaban J connectivity index is 2.10. The van der Waals surface area contributed by atoms with Gasteiger partial charge in [0, 0.05) is 11.7 Å². The number of halogens is 2. The molecule has 100 valence electrons. The number of nitrogens with one attached hydrogen (secondary N) is 1. The second-order valence-corrected chi connectivity index (χ2v) is 5.21. The average molecular weight is 296 g/mol. The predicted molar refractivity (Wildman–Crippen MR) is 80.9 cm³/mol. The molecule has 0 spiro atoms. The first-order chi connectivity index (χ1) is 9.10. The molecular weight excluding hydrogens is 281 g/mol. The number of benzene rings is 2. The van der Waals surface area contributed by atoms with Crippen molar-refractivity contribution in [1.29, 1.82) is 0 Å². The number of anilines is 1. The first-order valence-corrected chi connectivity index (χ1v) is 6.77. The molecule has 2 nitrogen and oxygen atoms in total. The first-order valence-electron chi connectivity index (χ1n) is 6.01. The smallest absolute Gasteiger partial charge is 0.0681 e. The molecule has 19 heavy (non-hydrogen) atoms. The van der Waals surface area contributed by atoms with Crippen LogP contribution in [0, 0.1) is 0 Å². The van der Waals surface area contributed by atoms with Gasteiger partial charge in [0.2, 0.25) is 0 Å². The van der Waals surface area contributed by atoms with E-state index in [-0.39, 0.29) is 12.6 Å². The molecule has 1 unspecified atom stereocenters. The highest BCUT2D eigenvalue weighted by Crippen LogP contribution is 2.27. The van der Waals surface area contributed by atoms with Crippen LogP contribution < -0.4 is 5.32 Å². The van der Waals surface area contributed by atoms with E-state index in [0.29, 0.717) is 10.0 Å². The van der Waals surface area contributed by atoms with Gasteiger partial charge in [-0.05, 0) is 42.3 Å². The molecule has 1 atom stereocenters. The summed E-state index contributed by atoms with van der Waals surface area (Å²) in [5.74, 6) is 0. The summed E-state index contributed by atoms with van der Waals surface area (Å²) in [5, 5.41) is 13.5. The molecule has 0 heterocycles. The van der Waals surface area contributed by atoms with Crippen LogP contribution in [-0.2, 0) is 6.61 Å². The zero-order valence-electron chi connectivity index (χ0n) is 10.5. The minimum atomic E-state index is 0.0582. The van der Waals surface area contributed by atoms with Crippen LogP contribution in [0.4, 0.5) is 5.69 Å². The van der Waals surface area contributed by atoms with Gasteiger partial charge in [0.25, 0.3) is 0 Å². The lowest BCUT2D eigenvalue weighted by molar-refractivity contribution is 0.282. The van der Waals surface area contributed by atoms with Crippen molar-refractivity contribution in [1.82, 2.24) is 0 Å². The molecule has 2 rings (SSSR count). The highest BCUT2D eigenvalue weighted by Gasteiger charge is 2.07. The summed E-state index contributed by atoms with van der Waals surface area (Å²) >= 11 is 11.9. The summed E-state index contributed by atoms with van der Waals surface area (Å²) in [4.78, 5) is 0. The van der Waals surface area contributed by atoms with E-state index in [1.54, 1.807) is 6.07 Å². The third kappa shape index (κ3) is 3.63. The molecule has 0 amide bonds. The molecule has 2 aromatic carbocycles. The van der Waals surface area contributed by atoms with Crippen LogP contribution in [0.3, 0.4) is 0 Å². The van der Waals surface area contributed by atoms with Gasteiger partial charge >= 0.3 is 0 Å². The maximum absolute atomic E-state index is 9.00. The van der Waals surface area contributed by atoms with Gasteiger partial charge in [-0.1, -0.05) is 41.4 Å². The Morgan fingerprint density at radius 2 is 1.74 bits per heavy atom. The van der Waals surface area contributed by atoms with Crippen LogP contribution in [0.15, 0.2) is 42.5 Å². The Hall–Kier alpha value is -1.22. The van der Waals surface area contributed by atoms with Crippen molar-refractivity contribution < 1.29 is 5.11 Å². The van der Waals surface area contributed by atoms with E-state index in [1.807, 2.05) is 36.4 Å². The lowest BCUT2D eigenvalue weighted by atomic mass is 10.1. The van der Waals surface area contributed by atoms with Crippen LogP contribution in [0.5, 0.6) is 0 Å². The largest absolute Gasteiger partial charge is 0.392 e. The summed E-state index contributed by atoms with van der Waals surface area (Å²) in [6, 6.07) is 13.4. The number of aliphatic hydroxyl groups excluding tert-OH is 1. The number of hydrogen-bond donors (Lipinski definition) is 2. The predicted octanol–water partition coefficient (Wildman–Crippen LogP) is 4.66. The van der Waals surface area contributed by atoms with Crippen molar-refractivity contribution in [2.75, 3.05) is 5.32 Å². The molecular formula is C15H15Cl2NO. The molecule has 0 fully saturated rings. The van der Waals surface area contributed by atoms with E-state index in [9.17, 15) is 0 Å². The summed E-state index contributed by atoms with van der Waals surface area (Å²) in [6.45, 7) is 2.11. The minimum absolute atomic E-state index is 0.0582. The highest BCUT2D eigenvalue weighted by molar-refractivity contribution is 6.42. The normalized spacial score (nSPS) is 12.2. The van der Waals surface area contributed by atoms with Crippen LogP contribution in [0.25, 0.3) is 0 Å². The lowest BCUT2D eigenvalue weighted by Gasteiger charge is -2.16. The Labute approximate surface area is 123 Å². The number of hydrogen-bond acceptors (Lipinski definition) is 2. The van der Waals surface area contributed by atoms with E-state index in [2.05, 4.69) is 12.2 Å². The zero-order valence-corrected chi connectivity index (χ0v) is 12.0. The highest BCUT2D eigenvalue weighted by atomic mass is 35.5. The van der Waals surface area contributed by atoms with E-state index in [1.165, 1.54) is 0 Å². The van der Waals surface area contributed by atoms with Crippen molar-refractivity contribution in [3.8, 4) is 0 Å². The van der Waals surface area contributed by atoms with Gasteiger partial charge in [-0.2, -0.15) is 0 Å². The molecule has 0 radical (unpaired) electrons. The van der Waals surface area contributed by atoms with Gasteiger partial charge < -0.3 is 10.4 Å². The zero-order chi connectivity index (χ0) is 13.8. The van der Waals surface area contributed by atoms with Crippen LogP contribution in [0.2, 0.25) is 10.0 Å². The third-order valence-corrected chi connectivity index (χ3v) is 3.70. The molecule has 0 saturated carbocycles. The van der Waals surface area contributed by atoms with E-state index in [0.717, 1.165) is 16.8 Å². The van der Waals surface area contributed by atoms with Crippen molar-refractivity contribution in [2.24, 2.45) is 0 Å². The van der Waals surface area contributed by atoms with Gasteiger partial charge in [-0.3, -0.25) is 0 Å². The van der Waals surface area contributed by atoms with Crippen molar-refractivity contribution >= 4 is 28.9 Å². The molecule has 0 aromatic heterocycles. The fourth-order valence-electron chi connectivity index (χ4n) is 1.82. The molecule has 0 aliphatic heterocycles. The minimum Gasteiger partial charge on any atom is -0.392 e. The Morgan fingerprint density at radius 3 is 2.32 bits per heavy atom. The SMILES string of the molecule is CC(Nc1ccc(CO)cc1)c1ccc(Cl)c(Cl)c1. The Kier molecular flexibility index (Phi) is 4.70. The summed E-state index contributed by atoms with van der Waals surface area (Å²) in [7, 11) is 0. The van der Waals surface area contributed by atoms with Crippen LogP contribution in [0.1, 0.15) is 24.1 Å². The molecule has 0 bridgehead atoms. The quantitative estimate of drug-likeness (QED) is 0.860. The first kappa shape index (κ1) is 14.2. The van der Waals surface area contributed by atoms with Crippen LogP contribution >= 0.6 is 23.2 Å². The monoisotopic (exact) mass is 295 g/mol. The maximum atomic E-state index is 9.00. The molecule has 0 aliphatic rings. The summed E-state index contributed by atoms with van der Waals surface area (Å²) < 4.78 is 0. The van der Waals surface area contributed by atoms with Gasteiger partial charge in [0.1, 0.15) is 0 Å². The topological polar surface area (TPSA) is 32.3 Å². The lowest BCUT2D eigenvalue weighted by Crippen LogP contribution is -2.06. The standard InChI is InChI=1S/C15H15Cl2NO/c1-10(12-4-7-14(16)15(17)8-12)18-13-5-2-11(9-19)3-6-13/h2-8,10,18-19H,9H2,1H3. The molecule has 0 saturated heterocycles. The van der Waals surface area contributed by atoms with E-state index in [4.69, 9.17) is 28.3 Å². The van der Waals surface area contributed by atoms with E-state index < -0.39 is 0 Å². The fraction of sp³-hybridized carbons (Fsp3) is 0.200. The molecule has 0 aliphatic carbocycles. The van der Waals surface area contributed by atoms with Gasteiger partial charge in [-0.25, -0.2) is 0 Å². The summed E-state index contributed by atoms with van der Waals surface area (Å²) in [5.41, 5.74) is 2.96. The maximum Gasteiger partial charge on any atom is 0.0681 e. The Morgan fingerprint density at radius 1 is 1.05 bits per heavy atom. The number of rotatable bonds is 4. The number of aliphatic hydroxyl groups is 1. The molecule has 4 heteroatoms. The van der Waals surface area contributed by atoms with Crippen molar-refractivity contribution in [3.63, 3.8) is 0 Å². The second-order valence-electron chi connectivity index (χ2n) is 4.39. The van der Waals surface area contributed by atoms with E-state index >= 15 is 0 Å². The molecule has 2 N–H and O–H groups in total. The van der Waals surface area contributed by atoms with Gasteiger partial charge in [-0.15, -0.1) is 0 Å². The summed E-state index contributed by atoms with van der Waals surface area (Å²) in [6.07, 6.45) is 0. The van der Waals surface area contributed by atoms with Crippen LogP contribution in [-0.4, -0.2) is 5.11 Å². The third-order valence-electron chi connectivity index (χ3n) is 2.96. The van der Waals surface area contributed by atoms with Crippen molar-refractivity contribution in [2.45, 2.75) is 19.6 Å².